The number of hydrogen-bond donors (Lipinski definition) is 1. The van der Waals surface area contributed by atoms with Gasteiger partial charge in [-0.25, -0.2) is 4.39 Å². The van der Waals surface area contributed by atoms with E-state index in [1.165, 1.54) is 18.2 Å². The minimum atomic E-state index is -0.357. The SMILES string of the molecule is N#C/C(=C/c1ccccc1OCc1cccc(F)c1)C(=O)NC1CCCC1. The molecule has 0 unspecified atom stereocenters. The number of amides is 1. The van der Waals surface area contributed by atoms with Gasteiger partial charge in [-0.2, -0.15) is 5.26 Å². The predicted octanol–water partition coefficient (Wildman–Crippen LogP) is 4.37. The van der Waals surface area contributed by atoms with Gasteiger partial charge < -0.3 is 10.1 Å². The van der Waals surface area contributed by atoms with Gasteiger partial charge in [0.1, 0.15) is 29.8 Å². The molecule has 4 nitrogen and oxygen atoms in total. The maximum absolute atomic E-state index is 13.3. The molecule has 1 aliphatic carbocycles. The van der Waals surface area contributed by atoms with Crippen molar-refractivity contribution in [3.63, 3.8) is 0 Å². The third kappa shape index (κ3) is 5.18. The number of hydrogen-bond acceptors (Lipinski definition) is 3. The molecule has 0 bridgehead atoms. The van der Waals surface area contributed by atoms with Crippen molar-refractivity contribution < 1.29 is 13.9 Å². The normalized spacial score (nSPS) is 14.6. The van der Waals surface area contributed by atoms with Crippen molar-refractivity contribution in [2.45, 2.75) is 38.3 Å². The van der Waals surface area contributed by atoms with Gasteiger partial charge >= 0.3 is 0 Å². The monoisotopic (exact) mass is 364 g/mol. The van der Waals surface area contributed by atoms with Crippen LogP contribution in [-0.2, 0) is 11.4 Å². The molecule has 0 heterocycles. The van der Waals surface area contributed by atoms with Crippen LogP contribution in [0.15, 0.2) is 54.1 Å². The Kier molecular flexibility index (Phi) is 6.22. The lowest BCUT2D eigenvalue weighted by atomic mass is 10.1. The highest BCUT2D eigenvalue weighted by atomic mass is 19.1. The summed E-state index contributed by atoms with van der Waals surface area (Å²) >= 11 is 0. The van der Waals surface area contributed by atoms with Gasteiger partial charge in [0.25, 0.3) is 5.91 Å². The predicted molar refractivity (Wildman–Crippen MR) is 101 cm³/mol. The second-order valence-corrected chi connectivity index (χ2v) is 6.58. The van der Waals surface area contributed by atoms with E-state index in [1.54, 1.807) is 24.3 Å². The van der Waals surface area contributed by atoms with Gasteiger partial charge in [-0.05, 0) is 42.7 Å². The van der Waals surface area contributed by atoms with Crippen LogP contribution in [0.25, 0.3) is 6.08 Å². The molecule has 27 heavy (non-hydrogen) atoms. The zero-order valence-corrected chi connectivity index (χ0v) is 15.0. The minimum absolute atomic E-state index is 0.0451. The summed E-state index contributed by atoms with van der Waals surface area (Å²) in [7, 11) is 0. The summed E-state index contributed by atoms with van der Waals surface area (Å²) in [6, 6.07) is 15.5. The van der Waals surface area contributed by atoms with E-state index < -0.39 is 0 Å². The molecule has 1 amide bonds. The third-order valence-corrected chi connectivity index (χ3v) is 4.56. The van der Waals surface area contributed by atoms with Gasteiger partial charge in [-0.1, -0.05) is 43.2 Å². The molecular formula is C22H21FN2O2. The van der Waals surface area contributed by atoms with E-state index in [2.05, 4.69) is 5.32 Å². The van der Waals surface area contributed by atoms with E-state index in [-0.39, 0.29) is 29.9 Å². The van der Waals surface area contributed by atoms with E-state index in [0.29, 0.717) is 16.9 Å². The lowest BCUT2D eigenvalue weighted by Crippen LogP contribution is -2.33. The summed E-state index contributed by atoms with van der Waals surface area (Å²) in [6.07, 6.45) is 5.65. The second kappa shape index (κ2) is 9.00. The zero-order valence-electron chi connectivity index (χ0n) is 15.0. The van der Waals surface area contributed by atoms with E-state index in [0.717, 1.165) is 25.7 Å². The van der Waals surface area contributed by atoms with Crippen LogP contribution in [-0.4, -0.2) is 11.9 Å². The van der Waals surface area contributed by atoms with Gasteiger partial charge in [-0.15, -0.1) is 0 Å². The first-order chi connectivity index (χ1) is 13.2. The standard InChI is InChI=1S/C22H21FN2O2/c23-19-8-5-6-16(12-19)15-27-21-11-4-1-7-17(21)13-18(14-24)22(26)25-20-9-2-3-10-20/h1,4-8,11-13,20H,2-3,9-10,15H2,(H,25,26)/b18-13-. The number of halogens is 1. The number of nitriles is 1. The smallest absolute Gasteiger partial charge is 0.262 e. The molecule has 1 N–H and O–H groups in total. The average Bonchev–Trinajstić information content (AvgIpc) is 3.18. The Labute approximate surface area is 158 Å². The highest BCUT2D eigenvalue weighted by molar-refractivity contribution is 6.02. The lowest BCUT2D eigenvalue weighted by Gasteiger charge is -2.12. The largest absolute Gasteiger partial charge is 0.488 e. The first kappa shape index (κ1) is 18.7. The fraction of sp³-hybridized carbons (Fsp3) is 0.273. The first-order valence-corrected chi connectivity index (χ1v) is 9.04. The number of benzene rings is 2. The molecule has 0 aromatic heterocycles. The van der Waals surface area contributed by atoms with Crippen LogP contribution >= 0.6 is 0 Å². The zero-order chi connectivity index (χ0) is 19.1. The topological polar surface area (TPSA) is 62.1 Å². The second-order valence-electron chi connectivity index (χ2n) is 6.58. The molecule has 0 atom stereocenters. The van der Waals surface area contributed by atoms with Crippen molar-refractivity contribution in [3.05, 3.63) is 71.0 Å². The Morgan fingerprint density at radius 1 is 1.22 bits per heavy atom. The fourth-order valence-corrected chi connectivity index (χ4v) is 3.16. The van der Waals surface area contributed by atoms with Gasteiger partial charge in [0.15, 0.2) is 0 Å². The third-order valence-electron chi connectivity index (χ3n) is 4.56. The molecule has 0 spiro atoms. The van der Waals surface area contributed by atoms with Gasteiger partial charge in [0.05, 0.1) is 0 Å². The molecule has 1 fully saturated rings. The Morgan fingerprint density at radius 3 is 2.74 bits per heavy atom. The van der Waals surface area contributed by atoms with Gasteiger partial charge in [-0.3, -0.25) is 4.79 Å². The number of carbonyl (C=O) groups excluding carboxylic acids is 1. The minimum Gasteiger partial charge on any atom is -0.488 e. The number of ether oxygens (including phenoxy) is 1. The molecule has 1 aliphatic rings. The number of nitrogens with one attached hydrogen (secondary N) is 1. The number of carbonyl (C=O) groups is 1. The summed E-state index contributed by atoms with van der Waals surface area (Å²) in [5.41, 5.74) is 1.38. The maximum atomic E-state index is 13.3. The summed E-state index contributed by atoms with van der Waals surface area (Å²) in [5.74, 6) is -0.146. The maximum Gasteiger partial charge on any atom is 0.262 e. The molecule has 0 saturated heterocycles. The van der Waals surface area contributed by atoms with Crippen LogP contribution in [0.3, 0.4) is 0 Å². The van der Waals surface area contributed by atoms with Crippen LogP contribution in [0.4, 0.5) is 4.39 Å². The Morgan fingerprint density at radius 2 is 2.00 bits per heavy atom. The Balaban J connectivity index is 1.74. The molecule has 2 aromatic rings. The highest BCUT2D eigenvalue weighted by Crippen LogP contribution is 2.23. The molecule has 0 radical (unpaired) electrons. The summed E-state index contributed by atoms with van der Waals surface area (Å²) in [5, 5.41) is 12.3. The fourth-order valence-electron chi connectivity index (χ4n) is 3.16. The molecule has 2 aromatic carbocycles. The van der Waals surface area contributed by atoms with Crippen molar-refractivity contribution in [3.8, 4) is 11.8 Å². The van der Waals surface area contributed by atoms with Gasteiger partial charge in [0.2, 0.25) is 0 Å². The molecule has 5 heteroatoms. The average molecular weight is 364 g/mol. The Hall–Kier alpha value is -3.13. The van der Waals surface area contributed by atoms with E-state index >= 15 is 0 Å². The number of para-hydroxylation sites is 1. The molecule has 3 rings (SSSR count). The van der Waals surface area contributed by atoms with Crippen LogP contribution in [0.2, 0.25) is 0 Å². The van der Waals surface area contributed by atoms with Crippen molar-refractivity contribution in [2.24, 2.45) is 0 Å². The number of nitrogens with zero attached hydrogens (tertiary/aromatic N) is 1. The van der Waals surface area contributed by atoms with Crippen LogP contribution in [0.5, 0.6) is 5.75 Å². The lowest BCUT2D eigenvalue weighted by molar-refractivity contribution is -0.117. The Bertz CT molecular complexity index is 880. The van der Waals surface area contributed by atoms with Crippen molar-refractivity contribution >= 4 is 12.0 Å². The number of rotatable bonds is 6. The van der Waals surface area contributed by atoms with Crippen LogP contribution in [0.1, 0.15) is 36.8 Å². The summed E-state index contributed by atoms with van der Waals surface area (Å²) in [4.78, 5) is 12.4. The van der Waals surface area contributed by atoms with Crippen LogP contribution < -0.4 is 10.1 Å². The van der Waals surface area contributed by atoms with Crippen molar-refractivity contribution in [2.75, 3.05) is 0 Å². The van der Waals surface area contributed by atoms with Crippen molar-refractivity contribution in [1.29, 1.82) is 5.26 Å². The van der Waals surface area contributed by atoms with E-state index in [9.17, 15) is 14.4 Å². The van der Waals surface area contributed by atoms with Crippen molar-refractivity contribution in [1.82, 2.24) is 5.32 Å². The van der Waals surface area contributed by atoms with E-state index in [1.807, 2.05) is 18.2 Å². The summed E-state index contributed by atoms with van der Waals surface area (Å²) < 4.78 is 19.1. The van der Waals surface area contributed by atoms with E-state index in [4.69, 9.17) is 4.74 Å². The van der Waals surface area contributed by atoms with Crippen LogP contribution in [0, 0.1) is 17.1 Å². The molecule has 138 valence electrons. The first-order valence-electron chi connectivity index (χ1n) is 9.04. The molecular weight excluding hydrogens is 343 g/mol. The van der Waals surface area contributed by atoms with Gasteiger partial charge in [0, 0.05) is 11.6 Å². The highest BCUT2D eigenvalue weighted by Gasteiger charge is 2.19. The quantitative estimate of drug-likeness (QED) is 0.611. The summed E-state index contributed by atoms with van der Waals surface area (Å²) in [6.45, 7) is 0.193. The molecule has 1 saturated carbocycles. The molecule has 0 aliphatic heterocycles.